The summed E-state index contributed by atoms with van der Waals surface area (Å²) in [5, 5.41) is 26.4. The molecule has 0 fully saturated rings. The lowest BCUT2D eigenvalue weighted by atomic mass is 10.2. The third-order valence-corrected chi connectivity index (χ3v) is 2.73. The number of hydrazone groups is 1. The van der Waals surface area contributed by atoms with Gasteiger partial charge in [-0.2, -0.15) is 5.10 Å². The van der Waals surface area contributed by atoms with Crippen LogP contribution in [-0.4, -0.2) is 35.2 Å². The van der Waals surface area contributed by atoms with Crippen molar-refractivity contribution in [1.29, 1.82) is 0 Å². The summed E-state index contributed by atoms with van der Waals surface area (Å²) in [4.78, 5) is 0. The molecule has 1 rings (SSSR count). The third kappa shape index (κ3) is 4.93. The van der Waals surface area contributed by atoms with Gasteiger partial charge >= 0.3 is 0 Å². The van der Waals surface area contributed by atoms with E-state index in [4.69, 9.17) is 17.0 Å². The Morgan fingerprint density at radius 1 is 1.45 bits per heavy atom. The van der Waals surface area contributed by atoms with Crippen LogP contribution in [0.3, 0.4) is 0 Å². The highest BCUT2D eigenvalue weighted by atomic mass is 32.1. The molecule has 0 aliphatic rings. The SMILES string of the molecule is CCCCNC(=S)N/N=C/c1cc(O)c(O)c(OC)c1. The van der Waals surface area contributed by atoms with E-state index in [9.17, 15) is 10.2 Å². The van der Waals surface area contributed by atoms with Crippen LogP contribution in [0, 0.1) is 0 Å². The summed E-state index contributed by atoms with van der Waals surface area (Å²) in [6, 6.07) is 2.92. The highest BCUT2D eigenvalue weighted by Gasteiger charge is 2.08. The van der Waals surface area contributed by atoms with Gasteiger partial charge < -0.3 is 20.3 Å². The molecule has 0 saturated heterocycles. The van der Waals surface area contributed by atoms with Crippen molar-refractivity contribution in [3.63, 3.8) is 0 Å². The minimum atomic E-state index is -0.297. The first kappa shape index (κ1) is 16.0. The molecule has 0 unspecified atom stereocenters. The van der Waals surface area contributed by atoms with Gasteiger partial charge in [-0.05, 0) is 30.8 Å². The maximum atomic E-state index is 9.51. The number of hydrogen-bond donors (Lipinski definition) is 4. The number of ether oxygens (including phenoxy) is 1. The quantitative estimate of drug-likeness (QED) is 0.210. The second kappa shape index (κ2) is 8.21. The Balaban J connectivity index is 2.58. The Kier molecular flexibility index (Phi) is 6.58. The molecule has 0 aromatic heterocycles. The monoisotopic (exact) mass is 297 g/mol. The minimum absolute atomic E-state index is 0.176. The molecule has 0 heterocycles. The van der Waals surface area contributed by atoms with Crippen LogP contribution in [0.4, 0.5) is 0 Å². The van der Waals surface area contributed by atoms with E-state index < -0.39 is 0 Å². The number of rotatable bonds is 6. The second-order valence-corrected chi connectivity index (χ2v) is 4.48. The van der Waals surface area contributed by atoms with Gasteiger partial charge in [0, 0.05) is 12.1 Å². The van der Waals surface area contributed by atoms with E-state index in [0.29, 0.717) is 10.7 Å². The zero-order valence-corrected chi connectivity index (χ0v) is 12.3. The molecule has 0 spiro atoms. The number of phenolic OH excluding ortho intramolecular Hbond substituents is 2. The van der Waals surface area contributed by atoms with Crippen molar-refractivity contribution in [2.45, 2.75) is 19.8 Å². The molecule has 20 heavy (non-hydrogen) atoms. The van der Waals surface area contributed by atoms with Gasteiger partial charge in [-0.15, -0.1) is 0 Å². The molecular formula is C13H19N3O3S. The van der Waals surface area contributed by atoms with E-state index >= 15 is 0 Å². The summed E-state index contributed by atoms with van der Waals surface area (Å²) < 4.78 is 4.93. The van der Waals surface area contributed by atoms with Crippen molar-refractivity contribution in [3.8, 4) is 17.2 Å². The number of nitrogens with zero attached hydrogens (tertiary/aromatic N) is 1. The van der Waals surface area contributed by atoms with Crippen LogP contribution in [0.2, 0.25) is 0 Å². The first-order valence-corrected chi connectivity index (χ1v) is 6.66. The average molecular weight is 297 g/mol. The molecule has 7 heteroatoms. The van der Waals surface area contributed by atoms with Crippen molar-refractivity contribution in [1.82, 2.24) is 10.7 Å². The van der Waals surface area contributed by atoms with Gasteiger partial charge in [-0.25, -0.2) is 0 Å². The van der Waals surface area contributed by atoms with E-state index in [2.05, 4.69) is 22.8 Å². The summed E-state index contributed by atoms with van der Waals surface area (Å²) in [5.41, 5.74) is 3.24. The van der Waals surface area contributed by atoms with Crippen LogP contribution in [0.1, 0.15) is 25.3 Å². The van der Waals surface area contributed by atoms with Crippen LogP contribution in [-0.2, 0) is 0 Å². The van der Waals surface area contributed by atoms with Gasteiger partial charge in [0.15, 0.2) is 16.6 Å². The largest absolute Gasteiger partial charge is 0.504 e. The first-order chi connectivity index (χ1) is 9.58. The van der Waals surface area contributed by atoms with Crippen molar-refractivity contribution in [2.75, 3.05) is 13.7 Å². The molecule has 6 nitrogen and oxygen atoms in total. The lowest BCUT2D eigenvalue weighted by Crippen LogP contribution is -2.32. The Morgan fingerprint density at radius 2 is 2.20 bits per heavy atom. The fourth-order valence-corrected chi connectivity index (χ4v) is 1.58. The maximum absolute atomic E-state index is 9.51. The number of unbranched alkanes of at least 4 members (excludes halogenated alkanes) is 1. The Morgan fingerprint density at radius 3 is 2.85 bits per heavy atom. The van der Waals surface area contributed by atoms with Crippen LogP contribution in [0.15, 0.2) is 17.2 Å². The highest BCUT2D eigenvalue weighted by Crippen LogP contribution is 2.35. The fraction of sp³-hybridized carbons (Fsp3) is 0.385. The molecular weight excluding hydrogens is 278 g/mol. The maximum Gasteiger partial charge on any atom is 0.200 e. The summed E-state index contributed by atoms with van der Waals surface area (Å²) >= 11 is 5.03. The smallest absolute Gasteiger partial charge is 0.200 e. The van der Waals surface area contributed by atoms with E-state index in [-0.39, 0.29) is 17.2 Å². The molecule has 0 radical (unpaired) electrons. The molecule has 0 saturated carbocycles. The zero-order chi connectivity index (χ0) is 15.0. The first-order valence-electron chi connectivity index (χ1n) is 6.25. The molecule has 0 aliphatic heterocycles. The number of phenols is 2. The highest BCUT2D eigenvalue weighted by molar-refractivity contribution is 7.80. The standard InChI is InChI=1S/C13H19N3O3S/c1-3-4-5-14-13(20)16-15-8-9-6-10(17)12(18)11(7-9)19-2/h6-8,17-18H,3-5H2,1-2H3,(H2,14,16,20)/b15-8+. The van der Waals surface area contributed by atoms with Crippen LogP contribution >= 0.6 is 12.2 Å². The van der Waals surface area contributed by atoms with Crippen LogP contribution in [0.5, 0.6) is 17.2 Å². The van der Waals surface area contributed by atoms with E-state index in [1.54, 1.807) is 6.07 Å². The Labute approximate surface area is 123 Å². The van der Waals surface area contributed by atoms with Crippen molar-refractivity contribution >= 4 is 23.5 Å². The fourth-order valence-electron chi connectivity index (χ4n) is 1.43. The van der Waals surface area contributed by atoms with E-state index in [1.165, 1.54) is 19.4 Å². The number of aromatic hydroxyl groups is 2. The number of nitrogens with one attached hydrogen (secondary N) is 2. The van der Waals surface area contributed by atoms with E-state index in [0.717, 1.165) is 19.4 Å². The van der Waals surface area contributed by atoms with Crippen molar-refractivity contribution < 1.29 is 14.9 Å². The molecule has 0 atom stereocenters. The number of methoxy groups -OCH3 is 1. The lowest BCUT2D eigenvalue weighted by molar-refractivity contribution is 0.351. The second-order valence-electron chi connectivity index (χ2n) is 4.07. The topological polar surface area (TPSA) is 86.1 Å². The molecule has 0 bridgehead atoms. The zero-order valence-electron chi connectivity index (χ0n) is 11.5. The summed E-state index contributed by atoms with van der Waals surface area (Å²) in [7, 11) is 1.40. The van der Waals surface area contributed by atoms with Crippen molar-refractivity contribution in [2.24, 2.45) is 5.10 Å². The lowest BCUT2D eigenvalue weighted by Gasteiger charge is -2.07. The number of thiocarbonyl (C=S) groups is 1. The third-order valence-electron chi connectivity index (χ3n) is 2.49. The van der Waals surface area contributed by atoms with Gasteiger partial charge in [0.25, 0.3) is 0 Å². The number of hydrogen-bond acceptors (Lipinski definition) is 5. The minimum Gasteiger partial charge on any atom is -0.504 e. The van der Waals surface area contributed by atoms with Gasteiger partial charge in [0.1, 0.15) is 0 Å². The summed E-state index contributed by atoms with van der Waals surface area (Å²) in [6.07, 6.45) is 3.59. The van der Waals surface area contributed by atoms with Crippen LogP contribution in [0.25, 0.3) is 0 Å². The van der Waals surface area contributed by atoms with Gasteiger partial charge in [0.2, 0.25) is 5.75 Å². The van der Waals surface area contributed by atoms with Gasteiger partial charge in [0.05, 0.1) is 13.3 Å². The Hall–Kier alpha value is -2.02. The van der Waals surface area contributed by atoms with E-state index in [1.807, 2.05) is 0 Å². The normalized spacial score (nSPS) is 10.5. The molecule has 0 amide bonds. The van der Waals surface area contributed by atoms with Gasteiger partial charge in [-0.1, -0.05) is 13.3 Å². The average Bonchev–Trinajstić information content (AvgIpc) is 2.42. The van der Waals surface area contributed by atoms with Gasteiger partial charge in [-0.3, -0.25) is 5.43 Å². The molecule has 0 aliphatic carbocycles. The Bertz CT molecular complexity index is 492. The molecule has 1 aromatic carbocycles. The predicted molar refractivity (Wildman–Crippen MR) is 82.6 cm³/mol. The molecule has 1 aromatic rings. The molecule has 110 valence electrons. The van der Waals surface area contributed by atoms with Crippen molar-refractivity contribution in [3.05, 3.63) is 17.7 Å². The molecule has 4 N–H and O–H groups in total. The predicted octanol–water partition coefficient (Wildman–Crippen LogP) is 1.70. The summed E-state index contributed by atoms with van der Waals surface area (Å²) in [5.74, 6) is -0.390. The number of benzene rings is 1. The van der Waals surface area contributed by atoms with Crippen LogP contribution < -0.4 is 15.5 Å². The summed E-state index contributed by atoms with van der Waals surface area (Å²) in [6.45, 7) is 2.90.